The molecule has 2 N–H and O–H groups in total. The molecule has 0 radical (unpaired) electrons. The normalized spacial score (nSPS) is 14.5. The first-order valence-electron chi connectivity index (χ1n) is 3.87. The molecule has 0 rings (SSSR count). The molecule has 0 unspecified atom stereocenters. The van der Waals surface area contributed by atoms with E-state index in [1.54, 1.807) is 13.8 Å². The van der Waals surface area contributed by atoms with Crippen LogP contribution in [0, 0.1) is 5.92 Å². The standard InChI is InChI=1S/C7H14N4O2/c1-5(2)7(8,4-10-11-9)6(12)13-3/h5H,4,8H2,1-3H3/t7-/m1/s1. The molecule has 0 fully saturated rings. The second kappa shape index (κ2) is 4.69. The topological polar surface area (TPSA) is 101 Å². The van der Waals surface area contributed by atoms with Crippen LogP contribution in [0.5, 0.6) is 0 Å². The highest BCUT2D eigenvalue weighted by atomic mass is 16.5. The highest BCUT2D eigenvalue weighted by Gasteiger charge is 2.37. The fourth-order valence-corrected chi connectivity index (χ4v) is 0.821. The van der Waals surface area contributed by atoms with Gasteiger partial charge in [-0.3, -0.25) is 4.79 Å². The molecule has 0 spiro atoms. The third-order valence-electron chi connectivity index (χ3n) is 1.99. The lowest BCUT2D eigenvalue weighted by atomic mass is 9.88. The molecule has 6 nitrogen and oxygen atoms in total. The average Bonchev–Trinajstić information content (AvgIpc) is 2.12. The van der Waals surface area contributed by atoms with E-state index in [1.165, 1.54) is 7.11 Å². The Balaban J connectivity index is 4.71. The fourth-order valence-electron chi connectivity index (χ4n) is 0.821. The van der Waals surface area contributed by atoms with Gasteiger partial charge in [-0.2, -0.15) is 0 Å². The van der Waals surface area contributed by atoms with Crippen molar-refractivity contribution in [2.24, 2.45) is 16.8 Å². The molecule has 0 aliphatic carbocycles. The second-order valence-electron chi connectivity index (χ2n) is 3.08. The minimum Gasteiger partial charge on any atom is -0.468 e. The lowest BCUT2D eigenvalue weighted by molar-refractivity contribution is -0.148. The van der Waals surface area contributed by atoms with Crippen LogP contribution in [-0.4, -0.2) is 25.2 Å². The third kappa shape index (κ3) is 2.61. The van der Waals surface area contributed by atoms with E-state index in [2.05, 4.69) is 14.8 Å². The van der Waals surface area contributed by atoms with E-state index in [9.17, 15) is 4.79 Å². The molecule has 0 bridgehead atoms. The summed E-state index contributed by atoms with van der Waals surface area (Å²) in [5, 5.41) is 3.29. The highest BCUT2D eigenvalue weighted by Crippen LogP contribution is 2.16. The first-order valence-corrected chi connectivity index (χ1v) is 3.87. The number of methoxy groups -OCH3 is 1. The summed E-state index contributed by atoms with van der Waals surface area (Å²) in [5.74, 6) is -0.708. The summed E-state index contributed by atoms with van der Waals surface area (Å²) in [5.41, 5.74) is 12.6. The molecular formula is C7H14N4O2. The van der Waals surface area contributed by atoms with Crippen LogP contribution in [-0.2, 0) is 9.53 Å². The molecular weight excluding hydrogens is 172 g/mol. The summed E-state index contributed by atoms with van der Waals surface area (Å²) < 4.78 is 4.53. The van der Waals surface area contributed by atoms with Crippen molar-refractivity contribution in [1.82, 2.24) is 0 Å². The molecule has 0 saturated heterocycles. The monoisotopic (exact) mass is 186 g/mol. The van der Waals surface area contributed by atoms with Gasteiger partial charge in [-0.05, 0) is 11.4 Å². The molecule has 0 heterocycles. The predicted molar refractivity (Wildman–Crippen MR) is 47.8 cm³/mol. The zero-order chi connectivity index (χ0) is 10.5. The zero-order valence-electron chi connectivity index (χ0n) is 8.02. The van der Waals surface area contributed by atoms with Crippen LogP contribution in [0.2, 0.25) is 0 Å². The number of carbonyl (C=O) groups is 1. The van der Waals surface area contributed by atoms with E-state index in [-0.39, 0.29) is 12.5 Å². The lowest BCUT2D eigenvalue weighted by Gasteiger charge is -2.28. The summed E-state index contributed by atoms with van der Waals surface area (Å²) in [6.07, 6.45) is 0. The minimum atomic E-state index is -1.22. The maximum absolute atomic E-state index is 11.3. The summed E-state index contributed by atoms with van der Waals surface area (Å²) in [6, 6.07) is 0. The fraction of sp³-hybridized carbons (Fsp3) is 0.857. The quantitative estimate of drug-likeness (QED) is 0.304. The summed E-state index contributed by atoms with van der Waals surface area (Å²) in [6.45, 7) is 3.45. The van der Waals surface area contributed by atoms with Gasteiger partial charge in [0.2, 0.25) is 0 Å². The number of hydrogen-bond donors (Lipinski definition) is 1. The molecule has 0 aromatic rings. The molecule has 74 valence electrons. The van der Waals surface area contributed by atoms with Gasteiger partial charge in [0.1, 0.15) is 5.54 Å². The van der Waals surface area contributed by atoms with Crippen LogP contribution in [0.15, 0.2) is 5.11 Å². The van der Waals surface area contributed by atoms with Crippen molar-refractivity contribution in [3.8, 4) is 0 Å². The Kier molecular flexibility index (Phi) is 4.23. The van der Waals surface area contributed by atoms with Crippen LogP contribution >= 0.6 is 0 Å². The number of rotatable bonds is 4. The zero-order valence-corrected chi connectivity index (χ0v) is 8.02. The number of esters is 1. The van der Waals surface area contributed by atoms with Gasteiger partial charge in [0, 0.05) is 4.91 Å². The number of carbonyl (C=O) groups excluding carboxylic acids is 1. The Labute approximate surface area is 76.7 Å². The minimum absolute atomic E-state index is 0.0894. The number of ether oxygens (including phenoxy) is 1. The SMILES string of the molecule is COC(=O)[C@@](N)(CN=[N+]=[N-])C(C)C. The Bertz CT molecular complexity index is 235. The maximum Gasteiger partial charge on any atom is 0.326 e. The molecule has 0 aliphatic rings. The van der Waals surface area contributed by atoms with Gasteiger partial charge in [-0.15, -0.1) is 0 Å². The Hall–Kier alpha value is -1.26. The molecule has 0 aromatic heterocycles. The van der Waals surface area contributed by atoms with Crippen molar-refractivity contribution in [2.45, 2.75) is 19.4 Å². The summed E-state index contributed by atoms with van der Waals surface area (Å²) in [4.78, 5) is 13.8. The first kappa shape index (κ1) is 11.7. The largest absolute Gasteiger partial charge is 0.468 e. The van der Waals surface area contributed by atoms with Gasteiger partial charge >= 0.3 is 5.97 Å². The number of nitrogens with two attached hydrogens (primary N) is 1. The van der Waals surface area contributed by atoms with Crippen LogP contribution in [0.3, 0.4) is 0 Å². The van der Waals surface area contributed by atoms with Crippen molar-refractivity contribution < 1.29 is 9.53 Å². The van der Waals surface area contributed by atoms with Crippen LogP contribution < -0.4 is 5.73 Å². The van der Waals surface area contributed by atoms with Crippen molar-refractivity contribution in [3.63, 3.8) is 0 Å². The highest BCUT2D eigenvalue weighted by molar-refractivity contribution is 5.81. The summed E-state index contributed by atoms with van der Waals surface area (Å²) in [7, 11) is 1.25. The molecule has 0 aromatic carbocycles. The van der Waals surface area contributed by atoms with Gasteiger partial charge in [-0.1, -0.05) is 19.0 Å². The molecule has 0 amide bonds. The molecule has 13 heavy (non-hydrogen) atoms. The average molecular weight is 186 g/mol. The Morgan fingerprint density at radius 3 is 2.62 bits per heavy atom. The molecule has 1 atom stereocenters. The van der Waals surface area contributed by atoms with Crippen molar-refractivity contribution >= 4 is 5.97 Å². The van der Waals surface area contributed by atoms with Gasteiger partial charge < -0.3 is 10.5 Å². The van der Waals surface area contributed by atoms with Crippen LogP contribution in [0.1, 0.15) is 13.8 Å². The first-order chi connectivity index (χ1) is 5.99. The second-order valence-corrected chi connectivity index (χ2v) is 3.08. The number of nitrogens with zero attached hydrogens (tertiary/aromatic N) is 3. The van der Waals surface area contributed by atoms with E-state index in [0.717, 1.165) is 0 Å². The Morgan fingerprint density at radius 2 is 2.31 bits per heavy atom. The van der Waals surface area contributed by atoms with Gasteiger partial charge in [0.05, 0.1) is 13.7 Å². The van der Waals surface area contributed by atoms with E-state index in [0.29, 0.717) is 0 Å². The van der Waals surface area contributed by atoms with Gasteiger partial charge in [-0.25, -0.2) is 0 Å². The maximum atomic E-state index is 11.3. The smallest absolute Gasteiger partial charge is 0.326 e. The van der Waals surface area contributed by atoms with Crippen LogP contribution in [0.25, 0.3) is 10.4 Å². The van der Waals surface area contributed by atoms with E-state index in [1.807, 2.05) is 0 Å². The van der Waals surface area contributed by atoms with Gasteiger partial charge in [0.25, 0.3) is 0 Å². The van der Waals surface area contributed by atoms with E-state index >= 15 is 0 Å². The molecule has 0 saturated carbocycles. The van der Waals surface area contributed by atoms with Crippen molar-refractivity contribution in [2.75, 3.05) is 13.7 Å². The molecule has 0 aliphatic heterocycles. The van der Waals surface area contributed by atoms with Gasteiger partial charge in [0.15, 0.2) is 0 Å². The van der Waals surface area contributed by atoms with Crippen LogP contribution in [0.4, 0.5) is 0 Å². The van der Waals surface area contributed by atoms with E-state index in [4.69, 9.17) is 11.3 Å². The van der Waals surface area contributed by atoms with Crippen molar-refractivity contribution in [3.05, 3.63) is 10.4 Å². The van der Waals surface area contributed by atoms with E-state index < -0.39 is 11.5 Å². The third-order valence-corrected chi connectivity index (χ3v) is 1.99. The van der Waals surface area contributed by atoms with Crippen molar-refractivity contribution in [1.29, 1.82) is 0 Å². The summed E-state index contributed by atoms with van der Waals surface area (Å²) >= 11 is 0. The Morgan fingerprint density at radius 1 is 1.77 bits per heavy atom. The number of hydrogen-bond acceptors (Lipinski definition) is 4. The predicted octanol–water partition coefficient (Wildman–Crippen LogP) is 0.823. The lowest BCUT2D eigenvalue weighted by Crippen LogP contribution is -2.55. The molecule has 6 heteroatoms. The number of azide groups is 1.